The molecule has 3 rings (SSSR count). The molecule has 0 radical (unpaired) electrons. The van der Waals surface area contributed by atoms with Crippen LogP contribution in [0.15, 0.2) is 72.8 Å². The fourth-order valence-corrected chi connectivity index (χ4v) is 3.11. The number of carbonyl (C=O) groups is 2. The summed E-state index contributed by atoms with van der Waals surface area (Å²) in [6, 6.07) is 19.5. The molecule has 9 nitrogen and oxygen atoms in total. The molecule has 0 aliphatic rings. The number of hydrogen-bond acceptors (Lipinski definition) is 5. The van der Waals surface area contributed by atoms with Crippen LogP contribution >= 0.6 is 0 Å². The van der Waals surface area contributed by atoms with Gasteiger partial charge in [0, 0.05) is 23.0 Å². The van der Waals surface area contributed by atoms with Crippen molar-refractivity contribution in [1.82, 2.24) is 5.32 Å². The number of carbonyl (C=O) groups excluding carboxylic acids is 2. The van der Waals surface area contributed by atoms with E-state index in [0.717, 1.165) is 5.56 Å². The summed E-state index contributed by atoms with van der Waals surface area (Å²) in [4.78, 5) is 35.4. The summed E-state index contributed by atoms with van der Waals surface area (Å²) >= 11 is 0. The molecule has 1 atom stereocenters. The summed E-state index contributed by atoms with van der Waals surface area (Å²) in [5.41, 5.74) is 1.97. The maximum Gasteiger partial charge on any atom is 0.323 e. The van der Waals surface area contributed by atoms with Crippen molar-refractivity contribution in [1.29, 1.82) is 0 Å². The molecule has 3 aromatic rings. The number of ether oxygens (including phenoxy) is 1. The second-order valence-electron chi connectivity index (χ2n) is 7.13. The number of nitro benzene ring substituents is 1. The highest BCUT2D eigenvalue weighted by atomic mass is 16.6. The number of rotatable bonds is 8. The molecule has 0 saturated carbocycles. The third-order valence-corrected chi connectivity index (χ3v) is 4.77. The van der Waals surface area contributed by atoms with Gasteiger partial charge in [-0.1, -0.05) is 30.3 Å². The zero-order chi connectivity index (χ0) is 23.8. The van der Waals surface area contributed by atoms with E-state index in [0.29, 0.717) is 11.4 Å². The quantitative estimate of drug-likeness (QED) is 0.326. The molecule has 0 aliphatic carbocycles. The maximum absolute atomic E-state index is 12.6. The highest BCUT2D eigenvalue weighted by Crippen LogP contribution is 2.28. The minimum Gasteiger partial charge on any atom is -0.487 e. The Morgan fingerprint density at radius 1 is 0.970 bits per heavy atom. The Morgan fingerprint density at radius 2 is 1.61 bits per heavy atom. The van der Waals surface area contributed by atoms with Gasteiger partial charge in [0.15, 0.2) is 5.75 Å². The van der Waals surface area contributed by atoms with Crippen LogP contribution in [0.2, 0.25) is 0 Å². The van der Waals surface area contributed by atoms with Gasteiger partial charge >= 0.3 is 11.7 Å². The molecule has 0 aromatic heterocycles. The third-order valence-electron chi connectivity index (χ3n) is 4.77. The molecular formula is C24H24N4O5. The van der Waals surface area contributed by atoms with Gasteiger partial charge in [0.1, 0.15) is 0 Å². The number of nitrogens with one attached hydrogen (secondary N) is 3. The number of anilines is 2. The molecule has 0 heterocycles. The van der Waals surface area contributed by atoms with Crippen LogP contribution in [0.3, 0.4) is 0 Å². The van der Waals surface area contributed by atoms with Crippen LogP contribution in [-0.4, -0.2) is 23.5 Å². The van der Waals surface area contributed by atoms with E-state index in [1.54, 1.807) is 50.2 Å². The van der Waals surface area contributed by atoms with Gasteiger partial charge in [-0.05, 0) is 55.8 Å². The number of nitrogens with zero attached hydrogens (tertiary/aromatic N) is 1. The summed E-state index contributed by atoms with van der Waals surface area (Å²) in [6.07, 6.45) is 0. The first-order valence-corrected chi connectivity index (χ1v) is 10.3. The largest absolute Gasteiger partial charge is 0.487 e. The average Bonchev–Trinajstić information content (AvgIpc) is 2.80. The number of benzene rings is 3. The van der Waals surface area contributed by atoms with Gasteiger partial charge in [-0.3, -0.25) is 14.9 Å². The fourth-order valence-electron chi connectivity index (χ4n) is 3.11. The Labute approximate surface area is 190 Å². The van der Waals surface area contributed by atoms with E-state index in [1.807, 2.05) is 18.2 Å². The van der Waals surface area contributed by atoms with E-state index in [2.05, 4.69) is 16.0 Å². The van der Waals surface area contributed by atoms with Crippen LogP contribution in [0.1, 0.15) is 35.8 Å². The van der Waals surface area contributed by atoms with Gasteiger partial charge < -0.3 is 20.7 Å². The standard InChI is InChI=1S/C24H24N4O5/c1-3-33-22-14-11-18(15-21(22)28(31)32)23(29)25-16(2)17-9-12-20(13-10-17)27-24(30)26-19-7-5-4-6-8-19/h4-16H,3H2,1-2H3,(H,25,29)(H2,26,27,30)/t16-/m0/s1. The summed E-state index contributed by atoms with van der Waals surface area (Å²) in [5, 5.41) is 19.6. The van der Waals surface area contributed by atoms with Crippen molar-refractivity contribution in [2.75, 3.05) is 17.2 Å². The van der Waals surface area contributed by atoms with Crippen LogP contribution in [0.25, 0.3) is 0 Å². The molecule has 9 heteroatoms. The Bertz CT molecular complexity index is 1130. The second-order valence-corrected chi connectivity index (χ2v) is 7.13. The summed E-state index contributed by atoms with van der Waals surface area (Å²) in [7, 11) is 0. The highest BCUT2D eigenvalue weighted by Gasteiger charge is 2.20. The minimum absolute atomic E-state index is 0.117. The molecule has 3 N–H and O–H groups in total. The van der Waals surface area contributed by atoms with E-state index in [1.165, 1.54) is 18.2 Å². The first kappa shape index (κ1) is 23.3. The molecule has 33 heavy (non-hydrogen) atoms. The smallest absolute Gasteiger partial charge is 0.323 e. The van der Waals surface area contributed by atoms with E-state index < -0.39 is 10.8 Å². The van der Waals surface area contributed by atoms with Crippen molar-refractivity contribution in [2.24, 2.45) is 0 Å². The van der Waals surface area contributed by atoms with Gasteiger partial charge in [0.2, 0.25) is 0 Å². The molecular weight excluding hydrogens is 424 g/mol. The summed E-state index contributed by atoms with van der Waals surface area (Å²) < 4.78 is 5.25. The van der Waals surface area contributed by atoms with Crippen LogP contribution in [0.4, 0.5) is 21.9 Å². The molecule has 0 saturated heterocycles. The first-order chi connectivity index (χ1) is 15.9. The van der Waals surface area contributed by atoms with Gasteiger partial charge in [-0.15, -0.1) is 0 Å². The van der Waals surface area contributed by atoms with Gasteiger partial charge in [0.05, 0.1) is 17.6 Å². The normalized spacial score (nSPS) is 11.2. The van der Waals surface area contributed by atoms with E-state index in [-0.39, 0.29) is 35.7 Å². The lowest BCUT2D eigenvalue weighted by molar-refractivity contribution is -0.385. The van der Waals surface area contributed by atoms with E-state index in [4.69, 9.17) is 4.74 Å². The molecule has 0 fully saturated rings. The van der Waals surface area contributed by atoms with Gasteiger partial charge in [0.25, 0.3) is 5.91 Å². The average molecular weight is 448 g/mol. The predicted molar refractivity (Wildman–Crippen MR) is 126 cm³/mol. The van der Waals surface area contributed by atoms with Crippen molar-refractivity contribution in [3.8, 4) is 5.75 Å². The van der Waals surface area contributed by atoms with Crippen LogP contribution < -0.4 is 20.7 Å². The van der Waals surface area contributed by atoms with Crippen LogP contribution in [-0.2, 0) is 0 Å². The summed E-state index contributed by atoms with van der Waals surface area (Å²) in [5.74, 6) is -0.329. The van der Waals surface area contributed by atoms with Crippen LogP contribution in [0.5, 0.6) is 5.75 Å². The lowest BCUT2D eigenvalue weighted by Crippen LogP contribution is -2.26. The topological polar surface area (TPSA) is 123 Å². The van der Waals surface area contributed by atoms with E-state index in [9.17, 15) is 19.7 Å². The minimum atomic E-state index is -0.579. The SMILES string of the molecule is CCOc1ccc(C(=O)N[C@@H](C)c2ccc(NC(=O)Nc3ccccc3)cc2)cc1[N+](=O)[O-]. The van der Waals surface area contributed by atoms with Crippen LogP contribution in [0, 0.1) is 10.1 Å². The Kier molecular flexibility index (Phi) is 7.59. The predicted octanol–water partition coefficient (Wildman–Crippen LogP) is 5.13. The zero-order valence-corrected chi connectivity index (χ0v) is 18.2. The molecule has 0 spiro atoms. The lowest BCUT2D eigenvalue weighted by Gasteiger charge is -2.15. The Balaban J connectivity index is 1.61. The maximum atomic E-state index is 12.6. The Morgan fingerprint density at radius 3 is 2.21 bits per heavy atom. The first-order valence-electron chi connectivity index (χ1n) is 10.3. The molecule has 3 amide bonds. The number of nitro groups is 1. The molecule has 3 aromatic carbocycles. The van der Waals surface area contributed by atoms with Crippen molar-refractivity contribution in [3.05, 3.63) is 94.0 Å². The number of amides is 3. The monoisotopic (exact) mass is 448 g/mol. The van der Waals surface area contributed by atoms with Crippen molar-refractivity contribution in [3.63, 3.8) is 0 Å². The Hall–Kier alpha value is -4.40. The summed E-state index contributed by atoms with van der Waals surface area (Å²) in [6.45, 7) is 3.80. The van der Waals surface area contributed by atoms with Crippen molar-refractivity contribution >= 4 is 29.0 Å². The number of para-hydroxylation sites is 1. The molecule has 170 valence electrons. The van der Waals surface area contributed by atoms with Crippen molar-refractivity contribution < 1.29 is 19.2 Å². The molecule has 0 bridgehead atoms. The second kappa shape index (κ2) is 10.8. The molecule has 0 aliphatic heterocycles. The number of hydrogen-bond donors (Lipinski definition) is 3. The zero-order valence-electron chi connectivity index (χ0n) is 18.2. The molecule has 0 unspecified atom stereocenters. The fraction of sp³-hybridized carbons (Fsp3) is 0.167. The highest BCUT2D eigenvalue weighted by molar-refractivity contribution is 5.99. The number of urea groups is 1. The lowest BCUT2D eigenvalue weighted by atomic mass is 10.1. The van der Waals surface area contributed by atoms with Gasteiger partial charge in [-0.2, -0.15) is 0 Å². The van der Waals surface area contributed by atoms with E-state index >= 15 is 0 Å². The van der Waals surface area contributed by atoms with Gasteiger partial charge in [-0.25, -0.2) is 4.79 Å². The van der Waals surface area contributed by atoms with Crippen molar-refractivity contribution in [2.45, 2.75) is 19.9 Å². The third kappa shape index (κ3) is 6.30.